The normalized spacial score (nSPS) is 41.5. The van der Waals surface area contributed by atoms with Gasteiger partial charge < -0.3 is 5.11 Å². The molecule has 1 spiro atoms. The Kier molecular flexibility index (Phi) is 2.06. The van der Waals surface area contributed by atoms with Crippen LogP contribution in [0.25, 0.3) is 0 Å². The summed E-state index contributed by atoms with van der Waals surface area (Å²) in [6, 6.07) is 0.855. The van der Waals surface area contributed by atoms with Gasteiger partial charge in [0.05, 0.1) is 5.92 Å². The Morgan fingerprint density at radius 1 is 1.27 bits per heavy atom. The molecule has 0 bridgehead atoms. The summed E-state index contributed by atoms with van der Waals surface area (Å²) in [4.78, 5) is 13.6. The van der Waals surface area contributed by atoms with Crippen molar-refractivity contribution in [1.29, 1.82) is 0 Å². The van der Waals surface area contributed by atoms with E-state index in [1.54, 1.807) is 0 Å². The topological polar surface area (TPSA) is 40.5 Å². The molecule has 1 N–H and O–H groups in total. The Hall–Kier alpha value is -0.570. The minimum absolute atomic E-state index is 0.0517. The van der Waals surface area contributed by atoms with Crippen molar-refractivity contribution < 1.29 is 9.90 Å². The molecule has 3 nitrogen and oxygen atoms in total. The molecule has 15 heavy (non-hydrogen) atoms. The molecule has 0 aromatic carbocycles. The number of aliphatic carboxylic acids is 1. The van der Waals surface area contributed by atoms with E-state index in [9.17, 15) is 4.79 Å². The highest BCUT2D eigenvalue weighted by Gasteiger charge is 2.48. The summed E-state index contributed by atoms with van der Waals surface area (Å²) in [5, 5.41) is 9.03. The molecular formula is C12H19NO2. The molecule has 0 unspecified atom stereocenters. The average Bonchev–Trinajstić information content (AvgIpc) is 2.85. The molecule has 0 radical (unpaired) electrons. The van der Waals surface area contributed by atoms with Crippen LogP contribution in [0, 0.1) is 11.3 Å². The van der Waals surface area contributed by atoms with Crippen molar-refractivity contribution in [3.8, 4) is 0 Å². The van der Waals surface area contributed by atoms with Gasteiger partial charge in [-0.05, 0) is 50.5 Å². The first-order valence-corrected chi connectivity index (χ1v) is 6.15. The molecule has 0 amide bonds. The van der Waals surface area contributed by atoms with Gasteiger partial charge in [-0.25, -0.2) is 0 Å². The van der Waals surface area contributed by atoms with Crippen LogP contribution in [0.2, 0.25) is 0 Å². The molecule has 84 valence electrons. The van der Waals surface area contributed by atoms with E-state index in [1.807, 2.05) is 0 Å². The van der Waals surface area contributed by atoms with Crippen LogP contribution in [0.5, 0.6) is 0 Å². The monoisotopic (exact) mass is 209 g/mol. The molecule has 2 aliphatic carbocycles. The third kappa shape index (κ3) is 1.67. The molecule has 0 aromatic heterocycles. The van der Waals surface area contributed by atoms with E-state index in [1.165, 1.54) is 32.4 Å². The molecule has 1 aliphatic heterocycles. The summed E-state index contributed by atoms with van der Waals surface area (Å²) in [6.45, 7) is 2.40. The van der Waals surface area contributed by atoms with Crippen LogP contribution in [-0.2, 0) is 4.79 Å². The zero-order valence-electron chi connectivity index (χ0n) is 9.11. The van der Waals surface area contributed by atoms with Gasteiger partial charge in [-0.3, -0.25) is 9.69 Å². The highest BCUT2D eigenvalue weighted by atomic mass is 16.4. The van der Waals surface area contributed by atoms with E-state index in [2.05, 4.69) is 4.90 Å². The number of nitrogens with zero attached hydrogens (tertiary/aromatic N) is 1. The summed E-state index contributed by atoms with van der Waals surface area (Å²) >= 11 is 0. The van der Waals surface area contributed by atoms with Gasteiger partial charge >= 0.3 is 5.97 Å². The van der Waals surface area contributed by atoms with E-state index < -0.39 is 5.97 Å². The average molecular weight is 209 g/mol. The van der Waals surface area contributed by atoms with Gasteiger partial charge in [0.1, 0.15) is 0 Å². The maximum atomic E-state index is 11.0. The number of carbonyl (C=O) groups is 1. The molecule has 3 rings (SSSR count). The first kappa shape index (κ1) is 9.64. The van der Waals surface area contributed by atoms with E-state index >= 15 is 0 Å². The summed E-state index contributed by atoms with van der Waals surface area (Å²) in [6.07, 6.45) is 6.98. The van der Waals surface area contributed by atoms with Crippen molar-refractivity contribution in [2.24, 2.45) is 11.3 Å². The van der Waals surface area contributed by atoms with Crippen molar-refractivity contribution in [2.75, 3.05) is 13.1 Å². The number of likely N-dealkylation sites (tertiary alicyclic amines) is 1. The van der Waals surface area contributed by atoms with Gasteiger partial charge in [-0.15, -0.1) is 0 Å². The van der Waals surface area contributed by atoms with Crippen molar-refractivity contribution in [1.82, 2.24) is 4.90 Å². The molecule has 1 heterocycles. The second-order valence-electron chi connectivity index (χ2n) is 5.73. The molecule has 3 aliphatic rings. The smallest absolute Gasteiger partial charge is 0.306 e. The van der Waals surface area contributed by atoms with Crippen LogP contribution in [0.3, 0.4) is 0 Å². The highest BCUT2D eigenvalue weighted by Crippen LogP contribution is 2.50. The molecule has 2 atom stereocenters. The number of carboxylic acid groups (broad SMARTS) is 1. The van der Waals surface area contributed by atoms with E-state index in [4.69, 9.17) is 5.11 Å². The standard InChI is InChI=1S/C12H19NO2/c14-11(15)9-3-4-12(7-9)5-6-13(8-12)10-1-2-10/h9-10H,1-8H2,(H,14,15)/t9-,12+/m0/s1. The lowest BCUT2D eigenvalue weighted by atomic mass is 9.84. The molecule has 0 aromatic rings. The summed E-state index contributed by atoms with van der Waals surface area (Å²) in [7, 11) is 0. The fourth-order valence-electron chi connectivity index (χ4n) is 3.51. The van der Waals surface area contributed by atoms with Gasteiger partial charge in [0, 0.05) is 12.6 Å². The van der Waals surface area contributed by atoms with Crippen LogP contribution in [0.4, 0.5) is 0 Å². The first-order valence-electron chi connectivity index (χ1n) is 6.15. The molecule has 1 saturated heterocycles. The Morgan fingerprint density at radius 3 is 2.67 bits per heavy atom. The number of rotatable bonds is 2. The fourth-order valence-corrected chi connectivity index (χ4v) is 3.51. The van der Waals surface area contributed by atoms with Crippen LogP contribution in [0.15, 0.2) is 0 Å². The number of hydrogen-bond acceptors (Lipinski definition) is 2. The predicted molar refractivity (Wildman–Crippen MR) is 56.6 cm³/mol. The van der Waals surface area contributed by atoms with E-state index in [0.717, 1.165) is 25.3 Å². The largest absolute Gasteiger partial charge is 0.481 e. The lowest BCUT2D eigenvalue weighted by Gasteiger charge is -2.23. The van der Waals surface area contributed by atoms with Gasteiger partial charge in [0.25, 0.3) is 0 Å². The zero-order chi connectivity index (χ0) is 10.5. The third-order valence-electron chi connectivity index (χ3n) is 4.58. The molecule has 3 fully saturated rings. The lowest BCUT2D eigenvalue weighted by Crippen LogP contribution is -2.27. The minimum Gasteiger partial charge on any atom is -0.481 e. The SMILES string of the molecule is O=C(O)[C@H]1CC[C@@]2(CCN(C3CC3)C2)C1. The van der Waals surface area contributed by atoms with Crippen molar-refractivity contribution in [3.05, 3.63) is 0 Å². The Morgan fingerprint density at radius 2 is 2.07 bits per heavy atom. The van der Waals surface area contributed by atoms with Crippen molar-refractivity contribution >= 4 is 5.97 Å². The first-order chi connectivity index (χ1) is 7.19. The minimum atomic E-state index is -0.572. The predicted octanol–water partition coefficient (Wildman–Crippen LogP) is 1.73. The van der Waals surface area contributed by atoms with E-state index in [0.29, 0.717) is 5.41 Å². The van der Waals surface area contributed by atoms with Gasteiger partial charge in [0.2, 0.25) is 0 Å². The Balaban J connectivity index is 1.64. The second-order valence-corrected chi connectivity index (χ2v) is 5.73. The van der Waals surface area contributed by atoms with Crippen LogP contribution >= 0.6 is 0 Å². The maximum Gasteiger partial charge on any atom is 0.306 e. The second kappa shape index (κ2) is 3.21. The summed E-state index contributed by atoms with van der Waals surface area (Å²) < 4.78 is 0. The van der Waals surface area contributed by atoms with Gasteiger partial charge in [-0.2, -0.15) is 0 Å². The quantitative estimate of drug-likeness (QED) is 0.753. The Bertz CT molecular complexity index is 287. The van der Waals surface area contributed by atoms with Gasteiger partial charge in [0.15, 0.2) is 0 Å². The molecule has 3 heteroatoms. The lowest BCUT2D eigenvalue weighted by molar-refractivity contribution is -0.141. The molecule has 2 saturated carbocycles. The van der Waals surface area contributed by atoms with Crippen LogP contribution in [-0.4, -0.2) is 35.1 Å². The highest BCUT2D eigenvalue weighted by molar-refractivity contribution is 5.70. The third-order valence-corrected chi connectivity index (χ3v) is 4.58. The van der Waals surface area contributed by atoms with Crippen LogP contribution in [0.1, 0.15) is 38.5 Å². The number of carboxylic acids is 1. The van der Waals surface area contributed by atoms with Crippen LogP contribution < -0.4 is 0 Å². The summed E-state index contributed by atoms with van der Waals surface area (Å²) in [5.41, 5.74) is 0.381. The van der Waals surface area contributed by atoms with Gasteiger partial charge in [-0.1, -0.05) is 0 Å². The van der Waals surface area contributed by atoms with Crippen molar-refractivity contribution in [3.63, 3.8) is 0 Å². The number of hydrogen-bond donors (Lipinski definition) is 1. The molecular weight excluding hydrogens is 190 g/mol. The Labute approximate surface area is 90.5 Å². The maximum absolute atomic E-state index is 11.0. The fraction of sp³-hybridized carbons (Fsp3) is 0.917. The van der Waals surface area contributed by atoms with Crippen molar-refractivity contribution in [2.45, 2.75) is 44.6 Å². The summed E-state index contributed by atoms with van der Waals surface area (Å²) in [5.74, 6) is -0.624. The van der Waals surface area contributed by atoms with E-state index in [-0.39, 0.29) is 5.92 Å². The zero-order valence-corrected chi connectivity index (χ0v) is 9.11.